The second-order valence-electron chi connectivity index (χ2n) is 3.61. The monoisotopic (exact) mass is 329 g/mol. The summed E-state index contributed by atoms with van der Waals surface area (Å²) in [7, 11) is 0. The molecular formula is C12H9BrClNOS. The molecule has 2 N–H and O–H groups in total. The highest BCUT2D eigenvalue weighted by molar-refractivity contribution is 9.10. The molecule has 1 aromatic carbocycles. The fourth-order valence-corrected chi connectivity index (χ4v) is 3.03. The van der Waals surface area contributed by atoms with E-state index in [1.807, 2.05) is 6.92 Å². The number of carbonyl (C=O) groups excluding carboxylic acids is 1. The number of aryl methyl sites for hydroxylation is 1. The molecule has 1 heterocycles. The van der Waals surface area contributed by atoms with Crippen molar-refractivity contribution in [1.29, 1.82) is 0 Å². The molecule has 0 fully saturated rings. The van der Waals surface area contributed by atoms with Crippen LogP contribution in [0.4, 0.5) is 5.69 Å². The predicted octanol–water partition coefficient (Wildman–Crippen LogP) is 4.29. The summed E-state index contributed by atoms with van der Waals surface area (Å²) in [6.07, 6.45) is 0. The second kappa shape index (κ2) is 4.80. The minimum atomic E-state index is -0.0656. The molecule has 0 saturated carbocycles. The van der Waals surface area contributed by atoms with Crippen molar-refractivity contribution >= 4 is 50.3 Å². The summed E-state index contributed by atoms with van der Waals surface area (Å²) in [6, 6.07) is 7.04. The summed E-state index contributed by atoms with van der Waals surface area (Å²) in [6.45, 7) is 1.88. The standard InChI is InChI=1S/C12H9BrClNOS/c1-6-5-9(17-12(6)14)11(16)7-3-2-4-8(15)10(7)13/h2-5H,15H2,1H3. The highest BCUT2D eigenvalue weighted by Gasteiger charge is 2.17. The van der Waals surface area contributed by atoms with Crippen molar-refractivity contribution in [1.82, 2.24) is 0 Å². The summed E-state index contributed by atoms with van der Waals surface area (Å²) < 4.78 is 1.28. The normalized spacial score (nSPS) is 10.5. The largest absolute Gasteiger partial charge is 0.398 e. The first-order valence-corrected chi connectivity index (χ1v) is 6.84. The van der Waals surface area contributed by atoms with Crippen LogP contribution >= 0.6 is 38.9 Å². The van der Waals surface area contributed by atoms with Gasteiger partial charge in [-0.05, 0) is 46.6 Å². The molecule has 0 saturated heterocycles. The number of halogens is 2. The molecule has 0 aliphatic carbocycles. The van der Waals surface area contributed by atoms with Gasteiger partial charge in [0, 0.05) is 11.3 Å². The van der Waals surface area contributed by atoms with Gasteiger partial charge in [-0.3, -0.25) is 4.79 Å². The summed E-state index contributed by atoms with van der Waals surface area (Å²) in [5, 5.41) is 0. The van der Waals surface area contributed by atoms with Crippen molar-refractivity contribution in [3.05, 3.63) is 49.1 Å². The fourth-order valence-electron chi connectivity index (χ4n) is 1.43. The van der Waals surface area contributed by atoms with E-state index in [1.54, 1.807) is 24.3 Å². The van der Waals surface area contributed by atoms with Gasteiger partial charge in [0.15, 0.2) is 0 Å². The van der Waals surface area contributed by atoms with Crippen LogP contribution in [-0.2, 0) is 0 Å². The van der Waals surface area contributed by atoms with Crippen LogP contribution in [0.15, 0.2) is 28.7 Å². The average molecular weight is 331 g/mol. The van der Waals surface area contributed by atoms with Gasteiger partial charge in [0.25, 0.3) is 0 Å². The van der Waals surface area contributed by atoms with Gasteiger partial charge in [-0.2, -0.15) is 0 Å². The molecule has 17 heavy (non-hydrogen) atoms. The number of thiophene rings is 1. The maximum atomic E-state index is 12.3. The zero-order valence-electron chi connectivity index (χ0n) is 8.96. The van der Waals surface area contributed by atoms with Crippen molar-refractivity contribution in [2.75, 3.05) is 5.73 Å². The van der Waals surface area contributed by atoms with Crippen LogP contribution < -0.4 is 5.73 Å². The van der Waals surface area contributed by atoms with E-state index in [0.717, 1.165) is 5.56 Å². The maximum absolute atomic E-state index is 12.3. The Morgan fingerprint density at radius 2 is 2.18 bits per heavy atom. The third kappa shape index (κ3) is 2.39. The van der Waals surface area contributed by atoms with E-state index in [1.165, 1.54) is 11.3 Å². The number of benzene rings is 1. The summed E-state index contributed by atoms with van der Waals surface area (Å²) in [4.78, 5) is 12.9. The molecule has 0 bridgehead atoms. The van der Waals surface area contributed by atoms with E-state index in [-0.39, 0.29) is 5.78 Å². The van der Waals surface area contributed by atoms with Gasteiger partial charge in [0.1, 0.15) is 0 Å². The van der Waals surface area contributed by atoms with Crippen molar-refractivity contribution in [2.45, 2.75) is 6.92 Å². The SMILES string of the molecule is Cc1cc(C(=O)c2cccc(N)c2Br)sc1Cl. The van der Waals surface area contributed by atoms with Gasteiger partial charge in [-0.15, -0.1) is 11.3 Å². The van der Waals surface area contributed by atoms with E-state index >= 15 is 0 Å². The Morgan fingerprint density at radius 1 is 1.47 bits per heavy atom. The molecule has 0 radical (unpaired) electrons. The lowest BCUT2D eigenvalue weighted by Crippen LogP contribution is -2.01. The maximum Gasteiger partial charge on any atom is 0.204 e. The van der Waals surface area contributed by atoms with Crippen molar-refractivity contribution < 1.29 is 4.79 Å². The van der Waals surface area contributed by atoms with E-state index in [9.17, 15) is 4.79 Å². The number of nitrogen functional groups attached to an aromatic ring is 1. The predicted molar refractivity (Wildman–Crippen MR) is 76.1 cm³/mol. The molecule has 0 aliphatic rings. The van der Waals surface area contributed by atoms with E-state index in [2.05, 4.69) is 15.9 Å². The lowest BCUT2D eigenvalue weighted by molar-refractivity contribution is 0.104. The topological polar surface area (TPSA) is 43.1 Å². The first-order chi connectivity index (χ1) is 8.00. The lowest BCUT2D eigenvalue weighted by Gasteiger charge is -2.04. The van der Waals surface area contributed by atoms with Crippen LogP contribution in [0.3, 0.4) is 0 Å². The summed E-state index contributed by atoms with van der Waals surface area (Å²) >= 11 is 10.6. The smallest absolute Gasteiger partial charge is 0.204 e. The molecule has 2 rings (SSSR count). The van der Waals surface area contributed by atoms with Crippen molar-refractivity contribution in [3.63, 3.8) is 0 Å². The van der Waals surface area contributed by atoms with Gasteiger partial charge >= 0.3 is 0 Å². The van der Waals surface area contributed by atoms with Crippen LogP contribution in [0, 0.1) is 6.92 Å². The van der Waals surface area contributed by atoms with Gasteiger partial charge in [0.05, 0.1) is 13.7 Å². The fraction of sp³-hybridized carbons (Fsp3) is 0.0833. The quantitative estimate of drug-likeness (QED) is 0.659. The van der Waals surface area contributed by atoms with Crippen molar-refractivity contribution in [3.8, 4) is 0 Å². The van der Waals surface area contributed by atoms with Crippen LogP contribution in [0.25, 0.3) is 0 Å². The zero-order valence-corrected chi connectivity index (χ0v) is 12.1. The number of nitrogens with two attached hydrogens (primary N) is 1. The van der Waals surface area contributed by atoms with Gasteiger partial charge in [-0.1, -0.05) is 17.7 Å². The van der Waals surface area contributed by atoms with Gasteiger partial charge in [-0.25, -0.2) is 0 Å². The number of carbonyl (C=O) groups is 1. The van der Waals surface area contributed by atoms with E-state index in [0.29, 0.717) is 24.9 Å². The first kappa shape index (κ1) is 12.6. The Bertz CT molecular complexity index is 575. The van der Waals surface area contributed by atoms with Gasteiger partial charge in [0.2, 0.25) is 5.78 Å². The minimum absolute atomic E-state index is 0.0656. The lowest BCUT2D eigenvalue weighted by atomic mass is 10.1. The third-order valence-corrected chi connectivity index (χ3v) is 4.79. The molecule has 0 aliphatic heterocycles. The van der Waals surface area contributed by atoms with Gasteiger partial charge < -0.3 is 5.73 Å². The summed E-state index contributed by atoms with van der Waals surface area (Å²) in [5.41, 5.74) is 7.78. The molecule has 1 aromatic heterocycles. The van der Waals surface area contributed by atoms with E-state index in [4.69, 9.17) is 17.3 Å². The average Bonchev–Trinajstić information content (AvgIpc) is 2.62. The van der Waals surface area contributed by atoms with Crippen LogP contribution in [-0.4, -0.2) is 5.78 Å². The first-order valence-electron chi connectivity index (χ1n) is 4.85. The molecule has 0 amide bonds. The van der Waals surface area contributed by atoms with Crippen LogP contribution in [0.2, 0.25) is 4.34 Å². The Kier molecular flexibility index (Phi) is 3.56. The molecule has 2 aromatic rings. The highest BCUT2D eigenvalue weighted by Crippen LogP contribution is 2.31. The van der Waals surface area contributed by atoms with E-state index < -0.39 is 0 Å². The molecule has 5 heteroatoms. The highest BCUT2D eigenvalue weighted by atomic mass is 79.9. The molecule has 2 nitrogen and oxygen atoms in total. The Balaban J connectivity index is 2.47. The number of rotatable bonds is 2. The molecule has 0 atom stereocenters. The third-order valence-electron chi connectivity index (χ3n) is 2.35. The van der Waals surface area contributed by atoms with Crippen LogP contribution in [0.5, 0.6) is 0 Å². The number of ketones is 1. The van der Waals surface area contributed by atoms with Crippen molar-refractivity contribution in [2.24, 2.45) is 0 Å². The Labute approximate surface area is 117 Å². The molecule has 0 spiro atoms. The Hall–Kier alpha value is -0.840. The minimum Gasteiger partial charge on any atom is -0.398 e. The number of hydrogen-bond donors (Lipinski definition) is 1. The molecule has 88 valence electrons. The summed E-state index contributed by atoms with van der Waals surface area (Å²) in [5.74, 6) is -0.0656. The second-order valence-corrected chi connectivity index (χ2v) is 6.05. The zero-order chi connectivity index (χ0) is 12.6. The molecular weight excluding hydrogens is 322 g/mol. The number of anilines is 1. The number of hydrogen-bond acceptors (Lipinski definition) is 3. The molecule has 0 unspecified atom stereocenters. The van der Waals surface area contributed by atoms with Crippen LogP contribution in [0.1, 0.15) is 20.8 Å². The Morgan fingerprint density at radius 3 is 2.76 bits per heavy atom.